The molecule has 1 aromatic carbocycles. The quantitative estimate of drug-likeness (QED) is 0.742. The lowest BCUT2D eigenvalue weighted by Gasteiger charge is -2.32. The van der Waals surface area contributed by atoms with Gasteiger partial charge in [-0.1, -0.05) is 6.42 Å². The molecule has 0 amide bonds. The minimum absolute atomic E-state index is 0.569. The number of aryl methyl sites for hydroxylation is 1. The topological polar surface area (TPSA) is 38.0 Å². The van der Waals surface area contributed by atoms with Crippen LogP contribution in [-0.4, -0.2) is 6.04 Å². The van der Waals surface area contributed by atoms with Crippen LogP contribution in [0.3, 0.4) is 0 Å². The van der Waals surface area contributed by atoms with Gasteiger partial charge in [0.1, 0.15) is 0 Å². The molecule has 1 aliphatic carbocycles. The summed E-state index contributed by atoms with van der Waals surface area (Å²) in [4.78, 5) is 0. The second-order valence-corrected chi connectivity index (χ2v) is 4.76. The van der Waals surface area contributed by atoms with Crippen molar-refractivity contribution in [2.75, 3.05) is 11.1 Å². The molecular formula is C13H20N2. The summed E-state index contributed by atoms with van der Waals surface area (Å²) in [5.74, 6) is 0.853. The molecule has 2 rings (SSSR count). The molecule has 3 N–H and O–H groups in total. The van der Waals surface area contributed by atoms with Crippen molar-refractivity contribution in [3.05, 3.63) is 23.8 Å². The average Bonchev–Trinajstić information content (AvgIpc) is 1.96. The fraction of sp³-hybridized carbons (Fsp3) is 0.538. The van der Waals surface area contributed by atoms with Gasteiger partial charge in [-0.3, -0.25) is 0 Å². The van der Waals surface area contributed by atoms with Crippen molar-refractivity contribution in [2.24, 2.45) is 5.92 Å². The van der Waals surface area contributed by atoms with Gasteiger partial charge in [0.2, 0.25) is 0 Å². The number of nitrogens with one attached hydrogen (secondary N) is 1. The molecule has 0 spiro atoms. The highest BCUT2D eigenvalue weighted by Crippen LogP contribution is 2.31. The van der Waals surface area contributed by atoms with Crippen LogP contribution in [0.5, 0.6) is 0 Å². The largest absolute Gasteiger partial charge is 0.399 e. The van der Waals surface area contributed by atoms with Crippen LogP contribution in [0.15, 0.2) is 18.2 Å². The molecule has 0 heterocycles. The predicted molar refractivity (Wildman–Crippen MR) is 66.0 cm³/mol. The smallest absolute Gasteiger partial charge is 0.0365 e. The van der Waals surface area contributed by atoms with E-state index in [0.717, 1.165) is 17.3 Å². The zero-order chi connectivity index (χ0) is 10.8. The van der Waals surface area contributed by atoms with Crippen LogP contribution in [0, 0.1) is 12.8 Å². The van der Waals surface area contributed by atoms with Gasteiger partial charge < -0.3 is 11.1 Å². The Balaban J connectivity index is 2.02. The molecule has 1 fully saturated rings. The van der Waals surface area contributed by atoms with Crippen LogP contribution in [-0.2, 0) is 0 Å². The summed E-state index contributed by atoms with van der Waals surface area (Å²) < 4.78 is 0. The third-order valence-corrected chi connectivity index (χ3v) is 3.35. The second-order valence-electron chi connectivity index (χ2n) is 4.76. The molecule has 2 heteroatoms. The number of anilines is 2. The lowest BCUT2D eigenvalue weighted by molar-refractivity contribution is 0.285. The molecule has 0 saturated heterocycles. The van der Waals surface area contributed by atoms with E-state index in [9.17, 15) is 0 Å². The zero-order valence-electron chi connectivity index (χ0n) is 9.59. The van der Waals surface area contributed by atoms with Crippen LogP contribution in [0.1, 0.15) is 31.7 Å². The van der Waals surface area contributed by atoms with E-state index in [0.29, 0.717) is 6.04 Å². The van der Waals surface area contributed by atoms with Crippen molar-refractivity contribution in [1.29, 1.82) is 0 Å². The fourth-order valence-electron chi connectivity index (χ4n) is 2.22. The Kier molecular flexibility index (Phi) is 2.85. The first-order valence-electron chi connectivity index (χ1n) is 5.79. The first kappa shape index (κ1) is 10.3. The summed E-state index contributed by atoms with van der Waals surface area (Å²) in [7, 11) is 0. The zero-order valence-corrected chi connectivity index (χ0v) is 9.59. The molecule has 1 aromatic rings. The van der Waals surface area contributed by atoms with E-state index in [1.54, 1.807) is 0 Å². The van der Waals surface area contributed by atoms with Crippen LogP contribution in [0.25, 0.3) is 0 Å². The van der Waals surface area contributed by atoms with Crippen LogP contribution in [0.2, 0.25) is 0 Å². The van der Waals surface area contributed by atoms with Crippen LogP contribution >= 0.6 is 0 Å². The van der Waals surface area contributed by atoms with Gasteiger partial charge in [0, 0.05) is 17.4 Å². The van der Waals surface area contributed by atoms with Gasteiger partial charge >= 0.3 is 0 Å². The molecule has 1 unspecified atom stereocenters. The first-order chi connectivity index (χ1) is 7.15. The number of nitrogen functional groups attached to an aromatic ring is 1. The number of hydrogen-bond donors (Lipinski definition) is 2. The summed E-state index contributed by atoms with van der Waals surface area (Å²) in [6, 6.07) is 6.74. The Morgan fingerprint density at radius 1 is 1.33 bits per heavy atom. The number of rotatable bonds is 3. The van der Waals surface area contributed by atoms with Gasteiger partial charge in [-0.25, -0.2) is 0 Å². The van der Waals surface area contributed by atoms with E-state index in [4.69, 9.17) is 5.73 Å². The maximum Gasteiger partial charge on any atom is 0.0365 e. The van der Waals surface area contributed by atoms with Gasteiger partial charge in [0.25, 0.3) is 0 Å². The Labute approximate surface area is 91.9 Å². The van der Waals surface area contributed by atoms with Gasteiger partial charge in [0.05, 0.1) is 0 Å². The predicted octanol–water partition coefficient (Wildman–Crippen LogP) is 3.18. The minimum Gasteiger partial charge on any atom is -0.399 e. The highest BCUT2D eigenvalue weighted by molar-refractivity contribution is 5.57. The van der Waals surface area contributed by atoms with E-state index in [1.165, 1.54) is 24.8 Å². The summed E-state index contributed by atoms with van der Waals surface area (Å²) in [6.07, 6.45) is 4.14. The summed E-state index contributed by atoms with van der Waals surface area (Å²) in [5, 5.41) is 3.55. The van der Waals surface area contributed by atoms with Crippen molar-refractivity contribution in [3.8, 4) is 0 Å². The summed E-state index contributed by atoms with van der Waals surface area (Å²) >= 11 is 0. The van der Waals surface area contributed by atoms with Crippen LogP contribution < -0.4 is 11.1 Å². The van der Waals surface area contributed by atoms with Gasteiger partial charge in [0.15, 0.2) is 0 Å². The lowest BCUT2D eigenvalue weighted by Crippen LogP contribution is -2.30. The number of hydrogen-bond acceptors (Lipinski definition) is 2. The third kappa shape index (κ3) is 2.44. The lowest BCUT2D eigenvalue weighted by atomic mass is 9.80. The number of nitrogens with two attached hydrogens (primary N) is 1. The van der Waals surface area contributed by atoms with E-state index in [2.05, 4.69) is 25.2 Å². The molecule has 15 heavy (non-hydrogen) atoms. The molecule has 0 aromatic heterocycles. The Morgan fingerprint density at radius 3 is 2.60 bits per heavy atom. The summed E-state index contributed by atoms with van der Waals surface area (Å²) in [5.41, 5.74) is 9.04. The van der Waals surface area contributed by atoms with Crippen LogP contribution in [0.4, 0.5) is 11.4 Å². The fourth-order valence-corrected chi connectivity index (χ4v) is 2.22. The highest BCUT2D eigenvalue weighted by Gasteiger charge is 2.23. The maximum atomic E-state index is 5.82. The Hall–Kier alpha value is -1.18. The molecule has 1 saturated carbocycles. The molecule has 0 radical (unpaired) electrons. The third-order valence-electron chi connectivity index (χ3n) is 3.35. The van der Waals surface area contributed by atoms with Crippen molar-refractivity contribution < 1.29 is 0 Å². The first-order valence-corrected chi connectivity index (χ1v) is 5.79. The van der Waals surface area contributed by atoms with Gasteiger partial charge in [-0.05, 0) is 56.4 Å². The summed E-state index contributed by atoms with van der Waals surface area (Å²) in [6.45, 7) is 4.35. The molecule has 2 nitrogen and oxygen atoms in total. The molecule has 0 bridgehead atoms. The van der Waals surface area contributed by atoms with Gasteiger partial charge in [-0.2, -0.15) is 0 Å². The minimum atomic E-state index is 0.569. The second kappa shape index (κ2) is 4.13. The average molecular weight is 204 g/mol. The van der Waals surface area contributed by atoms with Crippen molar-refractivity contribution in [2.45, 2.75) is 39.2 Å². The maximum absolute atomic E-state index is 5.82. The molecule has 1 atom stereocenters. The van der Waals surface area contributed by atoms with Crippen molar-refractivity contribution in [1.82, 2.24) is 0 Å². The van der Waals surface area contributed by atoms with E-state index >= 15 is 0 Å². The molecular weight excluding hydrogens is 184 g/mol. The molecule has 0 aliphatic heterocycles. The van der Waals surface area contributed by atoms with Gasteiger partial charge in [-0.15, -0.1) is 0 Å². The molecule has 1 aliphatic rings. The monoisotopic (exact) mass is 204 g/mol. The highest BCUT2D eigenvalue weighted by atomic mass is 14.9. The van der Waals surface area contributed by atoms with E-state index in [-0.39, 0.29) is 0 Å². The standard InChI is InChI=1S/C13H20N2/c1-9-6-12(14)8-13(7-9)15-10(2)11-4-3-5-11/h6-8,10-11,15H,3-5,14H2,1-2H3. The SMILES string of the molecule is Cc1cc(N)cc(NC(C)C2CCC2)c1. The molecule has 82 valence electrons. The van der Waals surface area contributed by atoms with E-state index < -0.39 is 0 Å². The van der Waals surface area contributed by atoms with Crippen molar-refractivity contribution >= 4 is 11.4 Å². The Bertz CT molecular complexity index is 322. The Morgan fingerprint density at radius 2 is 2.07 bits per heavy atom. The normalized spacial score (nSPS) is 18.3. The van der Waals surface area contributed by atoms with E-state index in [1.807, 2.05) is 12.1 Å². The number of benzene rings is 1. The van der Waals surface area contributed by atoms with Crippen molar-refractivity contribution in [3.63, 3.8) is 0 Å².